The number of benzene rings is 2. The molecule has 0 fully saturated rings. The van der Waals surface area contributed by atoms with Crippen molar-refractivity contribution in [1.82, 2.24) is 4.98 Å². The molecule has 100 valence electrons. The Labute approximate surface area is 128 Å². The Kier molecular flexibility index (Phi) is 3.28. The molecule has 3 rings (SSSR count). The van der Waals surface area contributed by atoms with Crippen LogP contribution in [0.25, 0.3) is 10.9 Å². The summed E-state index contributed by atoms with van der Waals surface area (Å²) < 4.78 is 0.603. The van der Waals surface area contributed by atoms with Crippen molar-refractivity contribution < 1.29 is 4.79 Å². The van der Waals surface area contributed by atoms with Gasteiger partial charge in [-0.3, -0.25) is 4.79 Å². The maximum atomic E-state index is 12.7. The summed E-state index contributed by atoms with van der Waals surface area (Å²) in [6.07, 6.45) is 1.68. The highest BCUT2D eigenvalue weighted by molar-refractivity contribution is 9.10. The minimum absolute atomic E-state index is 0.122. The van der Waals surface area contributed by atoms with Gasteiger partial charge in [-0.15, -0.1) is 0 Å². The number of halogens is 2. The van der Waals surface area contributed by atoms with E-state index < -0.39 is 0 Å². The zero-order chi connectivity index (χ0) is 14.3. The molecule has 0 unspecified atom stereocenters. The number of aromatic amines is 1. The van der Waals surface area contributed by atoms with Crippen LogP contribution in [0.2, 0.25) is 5.02 Å². The topological polar surface area (TPSA) is 58.9 Å². The molecule has 0 saturated carbocycles. The van der Waals surface area contributed by atoms with E-state index in [1.54, 1.807) is 30.5 Å². The van der Waals surface area contributed by atoms with Crippen LogP contribution in [-0.4, -0.2) is 10.8 Å². The van der Waals surface area contributed by atoms with Crippen LogP contribution in [0, 0.1) is 0 Å². The number of hydrogen-bond donors (Lipinski definition) is 2. The number of ketones is 1. The Morgan fingerprint density at radius 3 is 2.70 bits per heavy atom. The highest BCUT2D eigenvalue weighted by atomic mass is 79.9. The van der Waals surface area contributed by atoms with E-state index in [1.807, 2.05) is 12.1 Å². The number of carbonyl (C=O) groups is 1. The molecule has 0 amide bonds. The number of aromatic nitrogens is 1. The number of nitrogens with one attached hydrogen (secondary N) is 1. The van der Waals surface area contributed by atoms with Crippen molar-refractivity contribution in [3.63, 3.8) is 0 Å². The second-order valence-corrected chi connectivity index (χ2v) is 5.60. The van der Waals surface area contributed by atoms with Crippen molar-refractivity contribution in [2.45, 2.75) is 0 Å². The van der Waals surface area contributed by atoms with E-state index in [2.05, 4.69) is 20.9 Å². The number of carbonyl (C=O) groups excluding carboxylic acids is 1. The number of H-pyrrole nitrogens is 1. The molecule has 0 radical (unpaired) electrons. The van der Waals surface area contributed by atoms with Gasteiger partial charge in [0.15, 0.2) is 5.78 Å². The Balaban J connectivity index is 2.21. The van der Waals surface area contributed by atoms with Gasteiger partial charge in [0.2, 0.25) is 0 Å². The quantitative estimate of drug-likeness (QED) is 0.532. The molecule has 0 bridgehead atoms. The third-order valence-corrected chi connectivity index (χ3v) is 4.37. The second kappa shape index (κ2) is 4.96. The minimum atomic E-state index is -0.122. The zero-order valence-electron chi connectivity index (χ0n) is 10.3. The molecule has 1 aromatic heterocycles. The van der Waals surface area contributed by atoms with Crippen LogP contribution in [0.3, 0.4) is 0 Å². The molecular weight excluding hydrogens is 340 g/mol. The molecule has 0 aliphatic heterocycles. The normalized spacial score (nSPS) is 10.9. The molecule has 3 aromatic rings. The first-order valence-electron chi connectivity index (χ1n) is 5.94. The first-order valence-corrected chi connectivity index (χ1v) is 7.11. The lowest BCUT2D eigenvalue weighted by Crippen LogP contribution is -2.03. The van der Waals surface area contributed by atoms with Gasteiger partial charge < -0.3 is 10.7 Å². The predicted molar refractivity (Wildman–Crippen MR) is 85.3 cm³/mol. The molecule has 0 aliphatic carbocycles. The monoisotopic (exact) mass is 348 g/mol. The van der Waals surface area contributed by atoms with Gasteiger partial charge in [-0.25, -0.2) is 0 Å². The molecule has 0 aliphatic rings. The van der Waals surface area contributed by atoms with Crippen molar-refractivity contribution in [1.29, 1.82) is 0 Å². The number of rotatable bonds is 2. The van der Waals surface area contributed by atoms with E-state index in [9.17, 15) is 4.79 Å². The molecule has 0 spiro atoms. The van der Waals surface area contributed by atoms with E-state index in [4.69, 9.17) is 17.3 Å². The second-order valence-electron chi connectivity index (χ2n) is 4.40. The molecule has 3 N–H and O–H groups in total. The van der Waals surface area contributed by atoms with Crippen molar-refractivity contribution in [3.8, 4) is 0 Å². The molecule has 0 atom stereocenters. The Morgan fingerprint density at radius 2 is 1.90 bits per heavy atom. The molecule has 20 heavy (non-hydrogen) atoms. The largest absolute Gasteiger partial charge is 0.398 e. The standard InChI is InChI=1S/C15H10BrClN2O/c16-14-8(3-1-5-11(14)18)15(20)9-7-19-12-6-2-4-10(17)13(9)12/h1-7,19H,18H2. The predicted octanol–water partition coefficient (Wildman–Crippen LogP) is 4.40. The third kappa shape index (κ3) is 2.01. The summed E-state index contributed by atoms with van der Waals surface area (Å²) in [6, 6.07) is 10.7. The molecule has 0 saturated heterocycles. The third-order valence-electron chi connectivity index (χ3n) is 3.17. The summed E-state index contributed by atoms with van der Waals surface area (Å²) in [6.45, 7) is 0. The lowest BCUT2D eigenvalue weighted by Gasteiger charge is -2.06. The van der Waals surface area contributed by atoms with E-state index in [0.717, 1.165) is 10.9 Å². The smallest absolute Gasteiger partial charge is 0.196 e. The number of nitrogens with two attached hydrogens (primary N) is 1. The summed E-state index contributed by atoms with van der Waals surface area (Å²) in [4.78, 5) is 15.7. The van der Waals surface area contributed by atoms with Crippen molar-refractivity contribution >= 4 is 49.9 Å². The van der Waals surface area contributed by atoms with Crippen LogP contribution in [-0.2, 0) is 0 Å². The fourth-order valence-corrected chi connectivity index (χ4v) is 2.91. The summed E-state index contributed by atoms with van der Waals surface area (Å²) in [5, 5.41) is 1.28. The minimum Gasteiger partial charge on any atom is -0.398 e. The lowest BCUT2D eigenvalue weighted by atomic mass is 10.0. The molecular formula is C15H10BrClN2O. The van der Waals surface area contributed by atoms with Crippen molar-refractivity contribution in [3.05, 3.63) is 63.2 Å². The van der Waals surface area contributed by atoms with Crippen LogP contribution < -0.4 is 5.73 Å². The average molecular weight is 350 g/mol. The Morgan fingerprint density at radius 1 is 1.15 bits per heavy atom. The fourth-order valence-electron chi connectivity index (χ4n) is 2.19. The maximum absolute atomic E-state index is 12.7. The summed E-state index contributed by atoms with van der Waals surface area (Å²) in [5.74, 6) is -0.122. The van der Waals surface area contributed by atoms with Crippen molar-refractivity contribution in [2.75, 3.05) is 5.73 Å². The highest BCUT2D eigenvalue weighted by Crippen LogP contribution is 2.31. The zero-order valence-corrected chi connectivity index (χ0v) is 12.6. The van der Waals surface area contributed by atoms with Gasteiger partial charge in [-0.05, 0) is 40.2 Å². The maximum Gasteiger partial charge on any atom is 0.196 e. The SMILES string of the molecule is Nc1cccc(C(=O)c2c[nH]c3cccc(Cl)c23)c1Br. The van der Waals surface area contributed by atoms with Gasteiger partial charge in [0.05, 0.1) is 9.50 Å². The van der Waals surface area contributed by atoms with Gasteiger partial charge in [0.1, 0.15) is 0 Å². The number of nitrogen functional groups attached to an aromatic ring is 1. The van der Waals surface area contributed by atoms with Crippen LogP contribution in [0.5, 0.6) is 0 Å². The van der Waals surface area contributed by atoms with Crippen molar-refractivity contribution in [2.24, 2.45) is 0 Å². The first-order chi connectivity index (χ1) is 9.59. The molecule has 2 aromatic carbocycles. The molecule has 3 nitrogen and oxygen atoms in total. The summed E-state index contributed by atoms with van der Waals surface area (Å²) >= 11 is 9.56. The van der Waals surface area contributed by atoms with Crippen LogP contribution in [0.4, 0.5) is 5.69 Å². The van der Waals surface area contributed by atoms with E-state index in [-0.39, 0.29) is 5.78 Å². The first kappa shape index (κ1) is 13.2. The number of fused-ring (bicyclic) bond motifs is 1. The van der Waals surface area contributed by atoms with E-state index in [1.165, 1.54) is 0 Å². The highest BCUT2D eigenvalue weighted by Gasteiger charge is 2.19. The number of anilines is 1. The molecule has 5 heteroatoms. The van der Waals surface area contributed by atoms with Gasteiger partial charge in [0, 0.05) is 33.9 Å². The van der Waals surface area contributed by atoms with E-state index in [0.29, 0.717) is 26.3 Å². The lowest BCUT2D eigenvalue weighted by molar-refractivity contribution is 0.103. The number of hydrogen-bond acceptors (Lipinski definition) is 2. The van der Waals surface area contributed by atoms with Gasteiger partial charge >= 0.3 is 0 Å². The van der Waals surface area contributed by atoms with Crippen LogP contribution in [0.1, 0.15) is 15.9 Å². The summed E-state index contributed by atoms with van der Waals surface area (Å²) in [7, 11) is 0. The van der Waals surface area contributed by atoms with Gasteiger partial charge in [-0.2, -0.15) is 0 Å². The Hall–Kier alpha value is -1.78. The van der Waals surface area contributed by atoms with Gasteiger partial charge in [0.25, 0.3) is 0 Å². The summed E-state index contributed by atoms with van der Waals surface area (Å²) in [5.41, 5.74) is 8.24. The van der Waals surface area contributed by atoms with Crippen LogP contribution in [0.15, 0.2) is 47.1 Å². The average Bonchev–Trinajstić information content (AvgIpc) is 2.86. The van der Waals surface area contributed by atoms with E-state index >= 15 is 0 Å². The molecule has 1 heterocycles. The fraction of sp³-hybridized carbons (Fsp3) is 0. The van der Waals surface area contributed by atoms with Gasteiger partial charge in [-0.1, -0.05) is 23.7 Å². The van der Waals surface area contributed by atoms with Crippen LogP contribution >= 0.6 is 27.5 Å². The Bertz CT molecular complexity index is 826.